The van der Waals surface area contributed by atoms with Crippen LogP contribution in [0.25, 0.3) is 33.3 Å². The lowest BCUT2D eigenvalue weighted by Crippen LogP contribution is -2.77. The Bertz CT molecular complexity index is 2040. The molecule has 0 radical (unpaired) electrons. The molecule has 0 bridgehead atoms. The molecule has 10 rings (SSSR count). The Kier molecular flexibility index (Phi) is 2.45. The molecule has 0 saturated heterocycles. The van der Waals surface area contributed by atoms with Crippen LogP contribution < -0.4 is 14.0 Å². The normalized spacial score (nSPS) is 18.8. The molecule has 4 aliphatic rings. The molecule has 0 N–H and O–H groups in total. The zero-order chi connectivity index (χ0) is 22.8. The van der Waals surface area contributed by atoms with Gasteiger partial charge in [0.1, 0.15) is 28.3 Å². The standard InChI is InChI=1S/C30H20N4O/c1-16-14-17(2)34-30-25-22(33(16)34)9-4-10-23(25)35-24-12-11-21-20-8-3-6-18-15-19-7-5-13-31(30)29(19)32(27(18)20)28(21)26(24)30/h3-14H,15H2,1-2H3/q+2. The van der Waals surface area contributed by atoms with Gasteiger partial charge in [-0.1, -0.05) is 22.9 Å². The van der Waals surface area contributed by atoms with Crippen molar-refractivity contribution in [1.82, 2.24) is 9.25 Å². The molecule has 1 spiro atoms. The minimum absolute atomic E-state index is 0.551. The molecule has 0 aliphatic carbocycles. The second-order valence-corrected chi connectivity index (χ2v) is 10.4. The van der Waals surface area contributed by atoms with Crippen LogP contribution in [-0.4, -0.2) is 9.25 Å². The van der Waals surface area contributed by atoms with E-state index >= 15 is 0 Å². The first-order valence-corrected chi connectivity index (χ1v) is 12.3. The Morgan fingerprint density at radius 3 is 2.60 bits per heavy atom. The smallest absolute Gasteiger partial charge is 0.397 e. The lowest BCUT2D eigenvalue weighted by molar-refractivity contribution is -0.995. The summed E-state index contributed by atoms with van der Waals surface area (Å²) >= 11 is 0. The molecule has 3 aromatic carbocycles. The van der Waals surface area contributed by atoms with Crippen LogP contribution in [0.1, 0.15) is 33.6 Å². The van der Waals surface area contributed by atoms with Crippen molar-refractivity contribution in [3.63, 3.8) is 0 Å². The topological polar surface area (TPSA) is 26.8 Å². The average Bonchev–Trinajstić information content (AvgIpc) is 3.48. The zero-order valence-corrected chi connectivity index (χ0v) is 19.3. The number of para-hydroxylation sites is 1. The highest BCUT2D eigenvalue weighted by molar-refractivity contribution is 6.13. The number of benzene rings is 3. The van der Waals surface area contributed by atoms with E-state index in [1.54, 1.807) is 0 Å². The van der Waals surface area contributed by atoms with E-state index in [-0.39, 0.29) is 0 Å². The summed E-state index contributed by atoms with van der Waals surface area (Å²) in [4.78, 5) is 0. The molecule has 164 valence electrons. The van der Waals surface area contributed by atoms with Gasteiger partial charge in [0, 0.05) is 41.3 Å². The van der Waals surface area contributed by atoms with Gasteiger partial charge in [-0.05, 0) is 49.4 Å². The van der Waals surface area contributed by atoms with Gasteiger partial charge in [-0.3, -0.25) is 0 Å². The van der Waals surface area contributed by atoms with Gasteiger partial charge >= 0.3 is 5.66 Å². The van der Waals surface area contributed by atoms with Crippen LogP contribution in [0.2, 0.25) is 0 Å². The van der Waals surface area contributed by atoms with Gasteiger partial charge in [0.05, 0.1) is 11.9 Å². The van der Waals surface area contributed by atoms with Crippen molar-refractivity contribution >= 4 is 21.8 Å². The third-order valence-electron chi connectivity index (χ3n) is 8.73. The average molecular weight is 453 g/mol. The molecular weight excluding hydrogens is 432 g/mol. The minimum atomic E-state index is -0.551. The predicted molar refractivity (Wildman–Crippen MR) is 131 cm³/mol. The summed E-state index contributed by atoms with van der Waals surface area (Å²) in [6.45, 7) is 4.44. The van der Waals surface area contributed by atoms with Crippen LogP contribution in [0.15, 0.2) is 72.9 Å². The first-order chi connectivity index (χ1) is 17.2. The SMILES string of the molecule is Cc1cc(C)[n+]2n1-c1cccc3c1C21c2c(ccc4c5cccc6c5n(c24)-c2c(ccc[n+]21)C6)O3. The van der Waals surface area contributed by atoms with Crippen molar-refractivity contribution in [2.45, 2.75) is 25.9 Å². The first kappa shape index (κ1) is 17.1. The van der Waals surface area contributed by atoms with Gasteiger partial charge in [0.25, 0.3) is 5.82 Å². The van der Waals surface area contributed by atoms with E-state index in [4.69, 9.17) is 4.74 Å². The molecule has 0 fully saturated rings. The predicted octanol–water partition coefficient (Wildman–Crippen LogP) is 4.70. The van der Waals surface area contributed by atoms with Gasteiger partial charge in [-0.2, -0.15) is 9.13 Å². The molecule has 0 amide bonds. The molecule has 5 heteroatoms. The van der Waals surface area contributed by atoms with Crippen molar-refractivity contribution in [1.29, 1.82) is 0 Å². The highest BCUT2D eigenvalue weighted by atomic mass is 16.5. The first-order valence-electron chi connectivity index (χ1n) is 12.3. The maximum Gasteiger partial charge on any atom is 0.397 e. The van der Waals surface area contributed by atoms with E-state index in [1.165, 1.54) is 67.0 Å². The maximum absolute atomic E-state index is 6.71. The summed E-state index contributed by atoms with van der Waals surface area (Å²) in [5, 5.41) is 2.62. The number of aryl methyl sites for hydroxylation is 2. The van der Waals surface area contributed by atoms with Crippen molar-refractivity contribution < 1.29 is 14.0 Å². The van der Waals surface area contributed by atoms with Crippen LogP contribution in [0, 0.1) is 13.8 Å². The number of hydrogen-bond acceptors (Lipinski definition) is 1. The quantitative estimate of drug-likeness (QED) is 0.307. The van der Waals surface area contributed by atoms with Gasteiger partial charge in [0.2, 0.25) is 5.69 Å². The number of fused-ring (bicyclic) bond motifs is 3. The Balaban J connectivity index is 1.60. The van der Waals surface area contributed by atoms with Gasteiger partial charge in [-0.25, -0.2) is 0 Å². The summed E-state index contributed by atoms with van der Waals surface area (Å²) in [6, 6.07) is 24.5. The van der Waals surface area contributed by atoms with E-state index in [1.807, 2.05) is 0 Å². The van der Waals surface area contributed by atoms with E-state index in [9.17, 15) is 0 Å². The van der Waals surface area contributed by atoms with Crippen LogP contribution in [0.3, 0.4) is 0 Å². The molecule has 5 nitrogen and oxygen atoms in total. The van der Waals surface area contributed by atoms with E-state index in [0.717, 1.165) is 17.9 Å². The third kappa shape index (κ3) is 1.50. The van der Waals surface area contributed by atoms with Crippen LogP contribution in [0.4, 0.5) is 0 Å². The number of aromatic nitrogens is 4. The second-order valence-electron chi connectivity index (χ2n) is 10.4. The van der Waals surface area contributed by atoms with Gasteiger partial charge < -0.3 is 4.74 Å². The van der Waals surface area contributed by atoms with E-state index in [2.05, 4.69) is 105 Å². The molecule has 3 aromatic heterocycles. The number of pyridine rings is 1. The molecular formula is C30H20N4O+2. The van der Waals surface area contributed by atoms with E-state index < -0.39 is 5.66 Å². The second kappa shape index (κ2) is 5.01. The molecule has 6 aromatic rings. The fourth-order valence-corrected chi connectivity index (χ4v) is 7.75. The largest absolute Gasteiger partial charge is 0.456 e. The molecule has 0 saturated carbocycles. The maximum atomic E-state index is 6.71. The highest BCUT2D eigenvalue weighted by Gasteiger charge is 2.69. The minimum Gasteiger partial charge on any atom is -0.456 e. The van der Waals surface area contributed by atoms with Crippen molar-refractivity contribution in [3.05, 3.63) is 107 Å². The summed E-state index contributed by atoms with van der Waals surface area (Å²) in [6.07, 6.45) is 3.22. The number of rotatable bonds is 0. The zero-order valence-electron chi connectivity index (χ0n) is 19.3. The highest BCUT2D eigenvalue weighted by Crippen LogP contribution is 2.56. The Labute approximate surface area is 200 Å². The van der Waals surface area contributed by atoms with Crippen LogP contribution in [-0.2, 0) is 12.1 Å². The molecule has 1 atom stereocenters. The summed E-state index contributed by atoms with van der Waals surface area (Å²) in [5.74, 6) is 3.16. The van der Waals surface area contributed by atoms with E-state index in [0.29, 0.717) is 0 Å². The molecule has 1 unspecified atom stereocenters. The molecule has 35 heavy (non-hydrogen) atoms. The van der Waals surface area contributed by atoms with Gasteiger partial charge in [0.15, 0.2) is 11.1 Å². The Morgan fingerprint density at radius 1 is 0.829 bits per heavy atom. The number of nitrogens with zero attached hydrogens (tertiary/aromatic N) is 4. The molecule has 4 aliphatic heterocycles. The molecule has 7 heterocycles. The van der Waals surface area contributed by atoms with Crippen LogP contribution >= 0.6 is 0 Å². The van der Waals surface area contributed by atoms with Crippen molar-refractivity contribution in [2.24, 2.45) is 0 Å². The van der Waals surface area contributed by atoms with Crippen molar-refractivity contribution in [3.8, 4) is 23.0 Å². The Hall–Kier alpha value is -4.38. The number of ether oxygens (including phenoxy) is 1. The fourth-order valence-electron chi connectivity index (χ4n) is 7.75. The third-order valence-corrected chi connectivity index (χ3v) is 8.73. The fraction of sp³-hybridized carbons (Fsp3) is 0.133. The summed E-state index contributed by atoms with van der Waals surface area (Å²) < 4.78 is 16.7. The lowest BCUT2D eigenvalue weighted by atomic mass is 9.83. The lowest BCUT2D eigenvalue weighted by Gasteiger charge is -2.34. The van der Waals surface area contributed by atoms with Gasteiger partial charge in [-0.15, -0.1) is 4.68 Å². The van der Waals surface area contributed by atoms with Crippen LogP contribution in [0.5, 0.6) is 11.5 Å². The monoisotopic (exact) mass is 452 g/mol. The Morgan fingerprint density at radius 2 is 1.66 bits per heavy atom. The summed E-state index contributed by atoms with van der Waals surface area (Å²) in [7, 11) is 0. The summed E-state index contributed by atoms with van der Waals surface area (Å²) in [5.41, 5.74) is 10.9. The number of hydrogen-bond donors (Lipinski definition) is 0. The van der Waals surface area contributed by atoms with Crippen molar-refractivity contribution in [2.75, 3.05) is 0 Å².